The molecule has 0 spiro atoms. The molecule has 0 saturated heterocycles. The molecular formula is C21H18N6O2S. The number of nitrogen functional groups attached to an aromatic ring is 2. The van der Waals surface area contributed by atoms with E-state index in [9.17, 15) is 10.1 Å². The van der Waals surface area contributed by atoms with Gasteiger partial charge in [0, 0.05) is 17.0 Å². The van der Waals surface area contributed by atoms with Crippen LogP contribution in [0, 0.1) is 18.3 Å². The van der Waals surface area contributed by atoms with E-state index < -0.39 is 5.91 Å². The predicted molar refractivity (Wildman–Crippen MR) is 117 cm³/mol. The largest absolute Gasteiger partial charge is 0.397 e. The lowest BCUT2D eigenvalue weighted by atomic mass is 9.96. The van der Waals surface area contributed by atoms with Gasteiger partial charge in [0.2, 0.25) is 0 Å². The standard InChI is InChI=1S/C21H18N6O2S/c1-3-11-4-6-12(7-5-11)15-13(9-22)19(24)26-21-16(15)17(23)18(30-21)20(28)25-14-8-10(2)29-27-14/h4-8H,3,23H2,1-2H3,(H2,24,26)(H,25,27,28). The van der Waals surface area contributed by atoms with Gasteiger partial charge in [-0.1, -0.05) is 36.3 Å². The number of thiophene rings is 1. The molecule has 1 aromatic carbocycles. The molecule has 3 aromatic heterocycles. The number of anilines is 3. The van der Waals surface area contributed by atoms with E-state index in [0.29, 0.717) is 21.5 Å². The first-order valence-corrected chi connectivity index (χ1v) is 10.00. The van der Waals surface area contributed by atoms with E-state index in [4.69, 9.17) is 16.0 Å². The van der Waals surface area contributed by atoms with Crippen molar-refractivity contribution in [3.8, 4) is 17.2 Å². The highest BCUT2D eigenvalue weighted by atomic mass is 32.1. The van der Waals surface area contributed by atoms with Crippen LogP contribution in [0.25, 0.3) is 21.3 Å². The van der Waals surface area contributed by atoms with E-state index in [-0.39, 0.29) is 27.8 Å². The van der Waals surface area contributed by atoms with Crippen LogP contribution in [0.15, 0.2) is 34.9 Å². The second-order valence-electron chi connectivity index (χ2n) is 6.71. The topological polar surface area (TPSA) is 144 Å². The summed E-state index contributed by atoms with van der Waals surface area (Å²) in [6, 6.07) is 11.5. The van der Waals surface area contributed by atoms with Gasteiger partial charge in [-0.05, 0) is 24.5 Å². The Morgan fingerprint density at radius 2 is 2.03 bits per heavy atom. The summed E-state index contributed by atoms with van der Waals surface area (Å²) in [4.78, 5) is 17.9. The van der Waals surface area contributed by atoms with Crippen molar-refractivity contribution in [2.45, 2.75) is 20.3 Å². The van der Waals surface area contributed by atoms with E-state index in [1.165, 1.54) is 0 Å². The van der Waals surface area contributed by atoms with Gasteiger partial charge in [0.05, 0.1) is 5.69 Å². The third-order valence-electron chi connectivity index (χ3n) is 4.74. The number of pyridine rings is 1. The predicted octanol–water partition coefficient (Wildman–Crippen LogP) is 4.11. The molecule has 8 nitrogen and oxygen atoms in total. The molecule has 0 saturated carbocycles. The van der Waals surface area contributed by atoms with E-state index in [2.05, 4.69) is 28.5 Å². The zero-order chi connectivity index (χ0) is 21.4. The summed E-state index contributed by atoms with van der Waals surface area (Å²) < 4.78 is 4.97. The maximum Gasteiger partial charge on any atom is 0.269 e. The molecule has 150 valence electrons. The van der Waals surface area contributed by atoms with Gasteiger partial charge in [0.1, 0.15) is 32.9 Å². The Balaban J connectivity index is 1.89. The van der Waals surface area contributed by atoms with Gasteiger partial charge in [-0.2, -0.15) is 5.26 Å². The fraction of sp³-hybridized carbons (Fsp3) is 0.143. The van der Waals surface area contributed by atoms with Gasteiger partial charge in [0.15, 0.2) is 5.82 Å². The number of nitrogens with two attached hydrogens (primary N) is 2. The zero-order valence-corrected chi connectivity index (χ0v) is 17.1. The molecule has 3 heterocycles. The number of benzene rings is 1. The van der Waals surface area contributed by atoms with Crippen LogP contribution < -0.4 is 16.8 Å². The molecule has 0 unspecified atom stereocenters. The molecule has 0 aliphatic rings. The Hall–Kier alpha value is -3.90. The normalized spacial score (nSPS) is 10.8. The Kier molecular flexibility index (Phi) is 4.85. The number of hydrogen-bond acceptors (Lipinski definition) is 8. The van der Waals surface area contributed by atoms with Gasteiger partial charge in [0.25, 0.3) is 5.91 Å². The van der Waals surface area contributed by atoms with Crippen LogP contribution in [0.3, 0.4) is 0 Å². The summed E-state index contributed by atoms with van der Waals surface area (Å²) in [5.41, 5.74) is 15.4. The summed E-state index contributed by atoms with van der Waals surface area (Å²) in [5, 5.41) is 16.7. The van der Waals surface area contributed by atoms with Crippen LogP contribution in [0.4, 0.5) is 17.3 Å². The molecule has 4 aromatic rings. The van der Waals surface area contributed by atoms with E-state index in [1.807, 2.05) is 24.3 Å². The molecular weight excluding hydrogens is 400 g/mol. The molecule has 9 heteroatoms. The van der Waals surface area contributed by atoms with Crippen LogP contribution in [-0.4, -0.2) is 16.0 Å². The van der Waals surface area contributed by atoms with Gasteiger partial charge in [-0.25, -0.2) is 4.98 Å². The summed E-state index contributed by atoms with van der Waals surface area (Å²) in [5.74, 6) is 0.517. The monoisotopic (exact) mass is 418 g/mol. The van der Waals surface area contributed by atoms with Crippen LogP contribution in [0.5, 0.6) is 0 Å². The highest BCUT2D eigenvalue weighted by molar-refractivity contribution is 7.21. The molecule has 5 N–H and O–H groups in total. The molecule has 0 fully saturated rings. The number of nitrogens with zero attached hydrogens (tertiary/aromatic N) is 3. The minimum Gasteiger partial charge on any atom is -0.397 e. The summed E-state index contributed by atoms with van der Waals surface area (Å²) >= 11 is 1.11. The molecule has 0 atom stereocenters. The Morgan fingerprint density at radius 3 is 2.63 bits per heavy atom. The van der Waals surface area contributed by atoms with Gasteiger partial charge in [-0.3, -0.25) is 4.79 Å². The highest BCUT2D eigenvalue weighted by Crippen LogP contribution is 2.42. The first-order chi connectivity index (χ1) is 14.4. The average Bonchev–Trinajstić information content (AvgIpc) is 3.29. The fourth-order valence-electron chi connectivity index (χ4n) is 3.25. The minimum atomic E-state index is -0.437. The van der Waals surface area contributed by atoms with Crippen molar-refractivity contribution >= 4 is 44.8 Å². The summed E-state index contributed by atoms with van der Waals surface area (Å²) in [6.07, 6.45) is 0.895. The second-order valence-corrected chi connectivity index (χ2v) is 7.71. The number of carbonyl (C=O) groups excluding carboxylic acids is 1. The van der Waals surface area contributed by atoms with Crippen molar-refractivity contribution in [1.29, 1.82) is 5.26 Å². The SMILES string of the molecule is CCc1ccc(-c2c(C#N)c(N)nc3sc(C(=O)Nc4cc(C)on4)c(N)c23)cc1. The fourth-order valence-corrected chi connectivity index (χ4v) is 4.25. The Bertz CT molecular complexity index is 1310. The maximum atomic E-state index is 12.8. The highest BCUT2D eigenvalue weighted by Gasteiger charge is 2.24. The van der Waals surface area contributed by atoms with Crippen molar-refractivity contribution in [2.75, 3.05) is 16.8 Å². The zero-order valence-electron chi connectivity index (χ0n) is 16.3. The van der Waals surface area contributed by atoms with Crippen molar-refractivity contribution in [1.82, 2.24) is 10.1 Å². The molecule has 0 radical (unpaired) electrons. The van der Waals surface area contributed by atoms with Crippen LogP contribution in [-0.2, 0) is 6.42 Å². The smallest absolute Gasteiger partial charge is 0.269 e. The molecule has 0 aliphatic carbocycles. The van der Waals surface area contributed by atoms with E-state index in [0.717, 1.165) is 28.9 Å². The number of amides is 1. The maximum absolute atomic E-state index is 12.8. The van der Waals surface area contributed by atoms with Crippen molar-refractivity contribution < 1.29 is 9.32 Å². The third kappa shape index (κ3) is 3.23. The minimum absolute atomic E-state index is 0.0971. The van der Waals surface area contributed by atoms with Gasteiger partial charge < -0.3 is 21.3 Å². The molecule has 1 amide bonds. The summed E-state index contributed by atoms with van der Waals surface area (Å²) in [6.45, 7) is 3.79. The lowest BCUT2D eigenvalue weighted by Gasteiger charge is -2.10. The number of aromatic nitrogens is 2. The molecule has 30 heavy (non-hydrogen) atoms. The molecule has 0 bridgehead atoms. The number of aryl methyl sites for hydroxylation is 2. The molecule has 4 rings (SSSR count). The average molecular weight is 418 g/mol. The van der Waals surface area contributed by atoms with Crippen molar-refractivity contribution in [3.05, 3.63) is 52.1 Å². The van der Waals surface area contributed by atoms with Crippen molar-refractivity contribution in [2.24, 2.45) is 0 Å². The number of hydrogen-bond donors (Lipinski definition) is 3. The number of carbonyl (C=O) groups is 1. The third-order valence-corrected chi connectivity index (χ3v) is 5.84. The quantitative estimate of drug-likeness (QED) is 0.452. The van der Waals surface area contributed by atoms with Crippen LogP contribution >= 0.6 is 11.3 Å². The first-order valence-electron chi connectivity index (χ1n) is 9.18. The number of rotatable bonds is 4. The van der Waals surface area contributed by atoms with Gasteiger partial charge in [-0.15, -0.1) is 11.3 Å². The van der Waals surface area contributed by atoms with E-state index >= 15 is 0 Å². The van der Waals surface area contributed by atoms with Crippen LogP contribution in [0.2, 0.25) is 0 Å². The number of nitrogens with one attached hydrogen (secondary N) is 1. The van der Waals surface area contributed by atoms with E-state index in [1.54, 1.807) is 13.0 Å². The number of fused-ring (bicyclic) bond motifs is 1. The second kappa shape index (κ2) is 7.50. The first kappa shape index (κ1) is 19.4. The Morgan fingerprint density at radius 1 is 1.30 bits per heavy atom. The molecule has 0 aliphatic heterocycles. The summed E-state index contributed by atoms with van der Waals surface area (Å²) in [7, 11) is 0. The van der Waals surface area contributed by atoms with Gasteiger partial charge >= 0.3 is 0 Å². The Labute approximate surface area is 176 Å². The van der Waals surface area contributed by atoms with Crippen molar-refractivity contribution in [3.63, 3.8) is 0 Å². The lowest BCUT2D eigenvalue weighted by Crippen LogP contribution is -2.12. The lowest BCUT2D eigenvalue weighted by molar-refractivity contribution is 0.103. The number of nitriles is 1. The van der Waals surface area contributed by atoms with Crippen LogP contribution in [0.1, 0.15) is 33.5 Å².